The third kappa shape index (κ3) is 1.68. The first kappa shape index (κ1) is 7.07. The van der Waals surface area contributed by atoms with Crippen molar-refractivity contribution in [2.75, 3.05) is 0 Å². The second-order valence-electron chi connectivity index (χ2n) is 2.94. The van der Waals surface area contributed by atoms with Gasteiger partial charge in [-0.15, -0.1) is 0 Å². The molecular formula is C8H15O. The Morgan fingerprint density at radius 1 is 1.44 bits per heavy atom. The molecule has 0 aromatic rings. The molecule has 1 aliphatic rings. The van der Waals surface area contributed by atoms with E-state index in [9.17, 15) is 5.11 Å². The van der Waals surface area contributed by atoms with E-state index in [0.29, 0.717) is 0 Å². The van der Waals surface area contributed by atoms with Crippen molar-refractivity contribution < 1.29 is 5.11 Å². The van der Waals surface area contributed by atoms with Crippen molar-refractivity contribution in [3.05, 3.63) is 6.42 Å². The van der Waals surface area contributed by atoms with Crippen molar-refractivity contribution in [2.45, 2.75) is 44.6 Å². The molecular weight excluding hydrogens is 112 g/mol. The van der Waals surface area contributed by atoms with Gasteiger partial charge in [-0.25, -0.2) is 0 Å². The molecule has 1 rings (SSSR count). The maximum Gasteiger partial charge on any atom is 0.0645 e. The van der Waals surface area contributed by atoms with Gasteiger partial charge in [0, 0.05) is 0 Å². The van der Waals surface area contributed by atoms with Crippen LogP contribution in [0.4, 0.5) is 0 Å². The van der Waals surface area contributed by atoms with Gasteiger partial charge in [-0.05, 0) is 38.5 Å². The second-order valence-corrected chi connectivity index (χ2v) is 2.94. The van der Waals surface area contributed by atoms with Gasteiger partial charge in [0.15, 0.2) is 0 Å². The summed E-state index contributed by atoms with van der Waals surface area (Å²) in [6, 6.07) is 0. The molecule has 1 N–H and O–H groups in total. The highest BCUT2D eigenvalue weighted by Gasteiger charge is 2.26. The van der Waals surface area contributed by atoms with Crippen molar-refractivity contribution in [1.29, 1.82) is 0 Å². The van der Waals surface area contributed by atoms with Gasteiger partial charge in [0.25, 0.3) is 0 Å². The van der Waals surface area contributed by atoms with Crippen molar-refractivity contribution in [2.24, 2.45) is 0 Å². The Labute approximate surface area is 57.1 Å². The van der Waals surface area contributed by atoms with Crippen molar-refractivity contribution >= 4 is 0 Å². The van der Waals surface area contributed by atoms with Crippen molar-refractivity contribution in [1.82, 2.24) is 0 Å². The van der Waals surface area contributed by atoms with Crippen LogP contribution >= 0.6 is 0 Å². The van der Waals surface area contributed by atoms with E-state index < -0.39 is 0 Å². The van der Waals surface area contributed by atoms with Gasteiger partial charge in [0.2, 0.25) is 0 Å². The Bertz CT molecular complexity index is 82.6. The Balaban J connectivity index is 2.37. The van der Waals surface area contributed by atoms with E-state index in [4.69, 9.17) is 0 Å². The summed E-state index contributed by atoms with van der Waals surface area (Å²) in [6.45, 7) is 2.06. The predicted octanol–water partition coefficient (Wildman–Crippen LogP) is 1.91. The van der Waals surface area contributed by atoms with Crippen LogP contribution < -0.4 is 0 Å². The van der Waals surface area contributed by atoms with E-state index in [0.717, 1.165) is 32.1 Å². The molecule has 0 spiro atoms. The maximum absolute atomic E-state index is 9.66. The van der Waals surface area contributed by atoms with Gasteiger partial charge in [-0.3, -0.25) is 0 Å². The number of aliphatic hydroxyl groups is 1. The molecule has 9 heavy (non-hydrogen) atoms. The van der Waals surface area contributed by atoms with Crippen LogP contribution in [-0.2, 0) is 0 Å². The van der Waals surface area contributed by atoms with Gasteiger partial charge in [-0.1, -0.05) is 6.92 Å². The largest absolute Gasteiger partial charge is 0.390 e. The van der Waals surface area contributed by atoms with E-state index in [-0.39, 0.29) is 5.60 Å². The van der Waals surface area contributed by atoms with E-state index in [2.05, 4.69) is 13.3 Å². The molecule has 1 fully saturated rings. The minimum atomic E-state index is -0.311. The summed E-state index contributed by atoms with van der Waals surface area (Å²) in [5.41, 5.74) is -0.311. The van der Waals surface area contributed by atoms with E-state index in [1.807, 2.05) is 0 Å². The average Bonchev–Trinajstić information content (AvgIpc) is 1.90. The quantitative estimate of drug-likeness (QED) is 0.570. The first-order valence-corrected chi connectivity index (χ1v) is 3.81. The molecule has 1 aliphatic carbocycles. The summed E-state index contributed by atoms with van der Waals surface area (Å²) < 4.78 is 0. The number of hydrogen-bond acceptors (Lipinski definition) is 1. The Morgan fingerprint density at radius 3 is 2.33 bits per heavy atom. The SMILES string of the molecule is CCC1(O)CC[CH]CC1. The summed E-state index contributed by atoms with van der Waals surface area (Å²) in [4.78, 5) is 0. The molecule has 0 saturated heterocycles. The van der Waals surface area contributed by atoms with Gasteiger partial charge < -0.3 is 5.11 Å². The van der Waals surface area contributed by atoms with Gasteiger partial charge in [0.05, 0.1) is 5.60 Å². The maximum atomic E-state index is 9.66. The summed E-state index contributed by atoms with van der Waals surface area (Å²) in [7, 11) is 0. The highest BCUT2D eigenvalue weighted by molar-refractivity contribution is 4.87. The van der Waals surface area contributed by atoms with Crippen LogP contribution in [0.3, 0.4) is 0 Å². The highest BCUT2D eigenvalue weighted by atomic mass is 16.3. The summed E-state index contributed by atoms with van der Waals surface area (Å²) in [5, 5.41) is 9.66. The topological polar surface area (TPSA) is 20.2 Å². The zero-order chi connectivity index (χ0) is 6.74. The first-order chi connectivity index (χ1) is 4.27. The van der Waals surface area contributed by atoms with Crippen molar-refractivity contribution in [3.63, 3.8) is 0 Å². The van der Waals surface area contributed by atoms with Crippen LogP contribution in [0.5, 0.6) is 0 Å². The molecule has 0 aromatic carbocycles. The molecule has 1 nitrogen and oxygen atoms in total. The summed E-state index contributed by atoms with van der Waals surface area (Å²) in [5.74, 6) is 0. The minimum Gasteiger partial charge on any atom is -0.390 e. The van der Waals surface area contributed by atoms with Crippen molar-refractivity contribution in [3.8, 4) is 0 Å². The normalized spacial score (nSPS) is 26.0. The zero-order valence-electron chi connectivity index (χ0n) is 6.06. The lowest BCUT2D eigenvalue weighted by molar-refractivity contribution is 0.00934. The smallest absolute Gasteiger partial charge is 0.0645 e. The van der Waals surface area contributed by atoms with Gasteiger partial charge in [-0.2, -0.15) is 0 Å². The molecule has 53 valence electrons. The number of rotatable bonds is 1. The second kappa shape index (κ2) is 2.70. The number of hydrogen-bond donors (Lipinski definition) is 1. The fourth-order valence-electron chi connectivity index (χ4n) is 1.36. The Morgan fingerprint density at radius 2 is 2.00 bits per heavy atom. The lowest BCUT2D eigenvalue weighted by Crippen LogP contribution is -2.30. The Kier molecular flexibility index (Phi) is 2.12. The molecule has 1 heteroatoms. The average molecular weight is 127 g/mol. The minimum absolute atomic E-state index is 0.311. The highest BCUT2D eigenvalue weighted by Crippen LogP contribution is 2.29. The van der Waals surface area contributed by atoms with Crippen LogP contribution in [0, 0.1) is 6.42 Å². The third-order valence-electron chi connectivity index (χ3n) is 2.29. The van der Waals surface area contributed by atoms with E-state index >= 15 is 0 Å². The third-order valence-corrected chi connectivity index (χ3v) is 2.29. The van der Waals surface area contributed by atoms with Crippen LogP contribution in [0.15, 0.2) is 0 Å². The lowest BCUT2D eigenvalue weighted by Gasteiger charge is -2.30. The molecule has 0 atom stereocenters. The predicted molar refractivity (Wildman–Crippen MR) is 38.0 cm³/mol. The fourth-order valence-corrected chi connectivity index (χ4v) is 1.36. The molecule has 1 radical (unpaired) electrons. The van der Waals surface area contributed by atoms with Crippen LogP contribution in [0.25, 0.3) is 0 Å². The van der Waals surface area contributed by atoms with Gasteiger partial charge in [0.1, 0.15) is 0 Å². The molecule has 1 saturated carbocycles. The first-order valence-electron chi connectivity index (χ1n) is 3.81. The Hall–Kier alpha value is -0.0400. The van der Waals surface area contributed by atoms with E-state index in [1.54, 1.807) is 0 Å². The van der Waals surface area contributed by atoms with Gasteiger partial charge >= 0.3 is 0 Å². The summed E-state index contributed by atoms with van der Waals surface area (Å²) in [6.07, 6.45) is 7.34. The lowest BCUT2D eigenvalue weighted by atomic mass is 9.83. The molecule has 0 unspecified atom stereocenters. The van der Waals surface area contributed by atoms with E-state index in [1.165, 1.54) is 0 Å². The van der Waals surface area contributed by atoms with Crippen LogP contribution in [0.1, 0.15) is 39.0 Å². The molecule has 0 amide bonds. The molecule has 0 aromatic heterocycles. The fraction of sp³-hybridized carbons (Fsp3) is 0.875. The molecule has 0 aliphatic heterocycles. The zero-order valence-corrected chi connectivity index (χ0v) is 6.06. The summed E-state index contributed by atoms with van der Waals surface area (Å²) >= 11 is 0. The standard InChI is InChI=1S/C8H15O/c1-2-8(9)6-4-3-5-7-8/h3,9H,2,4-7H2,1H3. The monoisotopic (exact) mass is 127 g/mol. The van der Waals surface area contributed by atoms with Crippen LogP contribution in [-0.4, -0.2) is 10.7 Å². The molecule has 0 bridgehead atoms. The molecule has 0 heterocycles. The van der Waals surface area contributed by atoms with Crippen LogP contribution in [0.2, 0.25) is 0 Å².